The summed E-state index contributed by atoms with van der Waals surface area (Å²) in [7, 11) is 0. The largest absolute Gasteiger partial charge is 0.352 e. The molecule has 1 aliphatic rings. The quantitative estimate of drug-likeness (QED) is 0.564. The molecule has 1 aromatic carbocycles. The normalized spacial score (nSPS) is 14.9. The lowest BCUT2D eigenvalue weighted by atomic mass is 10.1. The van der Waals surface area contributed by atoms with Crippen molar-refractivity contribution < 1.29 is 4.79 Å². The summed E-state index contributed by atoms with van der Waals surface area (Å²) in [6.45, 7) is 2.70. The number of benzene rings is 1. The Morgan fingerprint density at radius 2 is 2.32 bits per heavy atom. The Labute approximate surface area is 135 Å². The smallest absolute Gasteiger partial charge is 0.252 e. The van der Waals surface area contributed by atoms with Crippen molar-refractivity contribution in [2.45, 2.75) is 12.8 Å². The van der Waals surface area contributed by atoms with Crippen molar-refractivity contribution in [3.8, 4) is 0 Å². The van der Waals surface area contributed by atoms with Crippen LogP contribution < -0.4 is 10.6 Å². The van der Waals surface area contributed by atoms with Crippen LogP contribution in [0.25, 0.3) is 0 Å². The van der Waals surface area contributed by atoms with Gasteiger partial charge >= 0.3 is 0 Å². The molecule has 2 N–H and O–H groups in total. The van der Waals surface area contributed by atoms with Gasteiger partial charge in [-0.25, -0.2) is 0 Å². The third-order valence-electron chi connectivity index (χ3n) is 3.06. The molecule has 19 heavy (non-hydrogen) atoms. The van der Waals surface area contributed by atoms with Crippen LogP contribution in [0.5, 0.6) is 0 Å². The molecule has 0 saturated carbocycles. The summed E-state index contributed by atoms with van der Waals surface area (Å²) in [5, 5.41) is 6.27. The fourth-order valence-corrected chi connectivity index (χ4v) is 2.94. The van der Waals surface area contributed by atoms with Gasteiger partial charge in [0.05, 0.1) is 5.56 Å². The minimum Gasteiger partial charge on any atom is -0.352 e. The average Bonchev–Trinajstić information content (AvgIpc) is 2.42. The minimum atomic E-state index is 0.000217. The molecule has 1 amide bonds. The third-order valence-corrected chi connectivity index (χ3v) is 4.50. The van der Waals surface area contributed by atoms with Gasteiger partial charge in [-0.3, -0.25) is 4.79 Å². The molecule has 0 bridgehead atoms. The molecule has 0 spiro atoms. The summed E-state index contributed by atoms with van der Waals surface area (Å²) in [4.78, 5) is 12.1. The Morgan fingerprint density at radius 1 is 1.47 bits per heavy atom. The molecule has 0 fully saturated rings. The zero-order chi connectivity index (χ0) is 13.7. The Balaban J connectivity index is 1.87. The summed E-state index contributed by atoms with van der Waals surface area (Å²) in [6.07, 6.45) is 4.25. The van der Waals surface area contributed by atoms with Crippen molar-refractivity contribution in [3.05, 3.63) is 43.5 Å². The van der Waals surface area contributed by atoms with Gasteiger partial charge in [0.25, 0.3) is 5.91 Å². The van der Waals surface area contributed by atoms with Gasteiger partial charge in [0.1, 0.15) is 0 Å². The van der Waals surface area contributed by atoms with Gasteiger partial charge in [-0.15, -0.1) is 0 Å². The van der Waals surface area contributed by atoms with Crippen LogP contribution in [0, 0.1) is 3.57 Å². The predicted octanol–water partition coefficient (Wildman–Crippen LogP) is 3.09. The molecule has 3 nitrogen and oxygen atoms in total. The highest BCUT2D eigenvalue weighted by Crippen LogP contribution is 2.18. The summed E-state index contributed by atoms with van der Waals surface area (Å²) in [6, 6.07) is 5.74. The maximum atomic E-state index is 12.1. The zero-order valence-electron chi connectivity index (χ0n) is 10.5. The Morgan fingerprint density at radius 3 is 3.05 bits per heavy atom. The van der Waals surface area contributed by atoms with E-state index in [9.17, 15) is 4.79 Å². The van der Waals surface area contributed by atoms with E-state index in [0.717, 1.165) is 39.5 Å². The van der Waals surface area contributed by atoms with Crippen LogP contribution in [-0.2, 0) is 0 Å². The Hall–Kier alpha value is -0.400. The highest BCUT2D eigenvalue weighted by Gasteiger charge is 2.10. The van der Waals surface area contributed by atoms with Gasteiger partial charge in [-0.1, -0.05) is 27.6 Å². The van der Waals surface area contributed by atoms with E-state index in [-0.39, 0.29) is 5.91 Å². The lowest BCUT2D eigenvalue weighted by molar-refractivity contribution is 0.0953. The molecule has 2 rings (SSSR count). The number of amides is 1. The fraction of sp³-hybridized carbons (Fsp3) is 0.357. The highest BCUT2D eigenvalue weighted by atomic mass is 127. The molecule has 0 aromatic heterocycles. The first-order valence-electron chi connectivity index (χ1n) is 6.28. The molecular weight excluding hydrogens is 419 g/mol. The van der Waals surface area contributed by atoms with E-state index >= 15 is 0 Å². The van der Waals surface area contributed by atoms with E-state index in [2.05, 4.69) is 55.2 Å². The molecule has 5 heteroatoms. The van der Waals surface area contributed by atoms with Crippen LogP contribution in [0.15, 0.2) is 34.3 Å². The number of hydrogen-bond donors (Lipinski definition) is 2. The lowest BCUT2D eigenvalue weighted by Crippen LogP contribution is -2.27. The van der Waals surface area contributed by atoms with Crippen molar-refractivity contribution in [3.63, 3.8) is 0 Å². The third kappa shape index (κ3) is 4.57. The second kappa shape index (κ2) is 7.40. The van der Waals surface area contributed by atoms with E-state index in [1.165, 1.54) is 5.57 Å². The number of carbonyl (C=O) groups excluding carboxylic acids is 1. The van der Waals surface area contributed by atoms with Crippen LogP contribution in [0.2, 0.25) is 0 Å². The molecule has 0 atom stereocenters. The Bertz CT molecular complexity index is 502. The first-order chi connectivity index (χ1) is 9.16. The van der Waals surface area contributed by atoms with E-state index < -0.39 is 0 Å². The van der Waals surface area contributed by atoms with Gasteiger partial charge in [0.2, 0.25) is 0 Å². The van der Waals surface area contributed by atoms with Crippen LogP contribution in [-0.4, -0.2) is 25.5 Å². The van der Waals surface area contributed by atoms with E-state index in [4.69, 9.17) is 0 Å². The van der Waals surface area contributed by atoms with Gasteiger partial charge in [0.15, 0.2) is 0 Å². The molecule has 102 valence electrons. The SMILES string of the molecule is O=C(NCCC1=CCNCC1)c1cc(Br)ccc1I. The van der Waals surface area contributed by atoms with Crippen LogP contribution in [0.4, 0.5) is 0 Å². The van der Waals surface area contributed by atoms with Gasteiger partial charge in [0, 0.05) is 21.1 Å². The van der Waals surface area contributed by atoms with Crippen molar-refractivity contribution in [1.29, 1.82) is 0 Å². The van der Waals surface area contributed by atoms with Crippen molar-refractivity contribution in [2.24, 2.45) is 0 Å². The number of halogens is 2. The van der Waals surface area contributed by atoms with Crippen molar-refractivity contribution in [1.82, 2.24) is 10.6 Å². The minimum absolute atomic E-state index is 0.000217. The maximum Gasteiger partial charge on any atom is 0.252 e. The van der Waals surface area contributed by atoms with Gasteiger partial charge < -0.3 is 10.6 Å². The molecule has 1 aromatic rings. The number of carbonyl (C=O) groups is 1. The van der Waals surface area contributed by atoms with Crippen LogP contribution >= 0.6 is 38.5 Å². The van der Waals surface area contributed by atoms with E-state index in [1.54, 1.807) is 0 Å². The molecule has 1 aliphatic heterocycles. The van der Waals surface area contributed by atoms with E-state index in [1.807, 2.05) is 18.2 Å². The second-order valence-electron chi connectivity index (χ2n) is 4.45. The number of hydrogen-bond acceptors (Lipinski definition) is 2. The monoisotopic (exact) mass is 434 g/mol. The van der Waals surface area contributed by atoms with Gasteiger partial charge in [-0.05, 0) is 60.2 Å². The summed E-state index contributed by atoms with van der Waals surface area (Å²) in [5.41, 5.74) is 2.16. The zero-order valence-corrected chi connectivity index (χ0v) is 14.3. The van der Waals surface area contributed by atoms with Gasteiger partial charge in [-0.2, -0.15) is 0 Å². The predicted molar refractivity (Wildman–Crippen MR) is 89.4 cm³/mol. The molecular formula is C14H16BrIN2O. The maximum absolute atomic E-state index is 12.1. The first-order valence-corrected chi connectivity index (χ1v) is 8.16. The summed E-state index contributed by atoms with van der Waals surface area (Å²) < 4.78 is 1.90. The second-order valence-corrected chi connectivity index (χ2v) is 6.52. The molecule has 1 heterocycles. The number of nitrogens with one attached hydrogen (secondary N) is 2. The Kier molecular flexibility index (Phi) is 5.84. The van der Waals surface area contributed by atoms with E-state index in [0.29, 0.717) is 6.54 Å². The lowest BCUT2D eigenvalue weighted by Gasteiger charge is -2.14. The summed E-state index contributed by atoms with van der Waals surface area (Å²) in [5.74, 6) is 0.000217. The van der Waals surface area contributed by atoms with Crippen LogP contribution in [0.1, 0.15) is 23.2 Å². The summed E-state index contributed by atoms with van der Waals surface area (Å²) >= 11 is 5.58. The fourth-order valence-electron chi connectivity index (χ4n) is 2.00. The molecule has 0 radical (unpaired) electrons. The highest BCUT2D eigenvalue weighted by molar-refractivity contribution is 14.1. The number of rotatable bonds is 4. The topological polar surface area (TPSA) is 41.1 Å². The molecule has 0 aliphatic carbocycles. The van der Waals surface area contributed by atoms with Crippen molar-refractivity contribution >= 4 is 44.4 Å². The standard InChI is InChI=1S/C14H16BrIN2O/c15-11-1-2-13(16)12(9-11)14(19)18-8-5-10-3-6-17-7-4-10/h1-3,9,17H,4-8H2,(H,18,19). The van der Waals surface area contributed by atoms with Crippen molar-refractivity contribution in [2.75, 3.05) is 19.6 Å². The first kappa shape index (κ1) is 15.0. The van der Waals surface area contributed by atoms with Crippen LogP contribution in [0.3, 0.4) is 0 Å². The average molecular weight is 435 g/mol. The molecule has 0 saturated heterocycles. The molecule has 0 unspecified atom stereocenters.